The van der Waals surface area contributed by atoms with E-state index in [9.17, 15) is 19.5 Å². The van der Waals surface area contributed by atoms with Crippen LogP contribution >= 0.6 is 0 Å². The largest absolute Gasteiger partial charge is 0.480 e. The van der Waals surface area contributed by atoms with Gasteiger partial charge in [0.2, 0.25) is 5.91 Å². The highest BCUT2D eigenvalue weighted by Crippen LogP contribution is 2.44. The van der Waals surface area contributed by atoms with Crippen molar-refractivity contribution in [2.24, 2.45) is 5.41 Å². The molecule has 1 atom stereocenters. The zero-order chi connectivity index (χ0) is 24.9. The van der Waals surface area contributed by atoms with Gasteiger partial charge in [-0.3, -0.25) is 4.79 Å². The Kier molecular flexibility index (Phi) is 7.64. The molecule has 7 nitrogen and oxygen atoms in total. The third-order valence-corrected chi connectivity index (χ3v) is 7.26. The first kappa shape index (κ1) is 25.3. The summed E-state index contributed by atoms with van der Waals surface area (Å²) in [6.45, 7) is 7.23. The van der Waals surface area contributed by atoms with E-state index in [1.807, 2.05) is 31.2 Å². The Bertz CT molecular complexity index is 1020. The molecule has 0 bridgehead atoms. The molecule has 0 aromatic heterocycles. The summed E-state index contributed by atoms with van der Waals surface area (Å²) in [7, 11) is 0. The standard InChI is InChI=1S/C27H34N2O5/c1-5-26(4,23(30)29-27(6-2,7-3)24(31)32)17-28-25(33)34-16-22-20-14-10-8-12-18(20)19-13-9-11-15-21(19)22/h8-15,22H,5-7,16-17H2,1-4H3,(H,28,33)(H,29,30)(H,31,32). The van der Waals surface area contributed by atoms with Gasteiger partial charge in [-0.05, 0) is 48.4 Å². The second-order valence-corrected chi connectivity index (χ2v) is 9.14. The van der Waals surface area contributed by atoms with Crippen LogP contribution in [0.1, 0.15) is 64.0 Å². The predicted molar refractivity (Wildman–Crippen MR) is 131 cm³/mol. The molecule has 0 saturated heterocycles. The van der Waals surface area contributed by atoms with Crippen LogP contribution in [-0.2, 0) is 14.3 Å². The summed E-state index contributed by atoms with van der Waals surface area (Å²) in [5.74, 6) is -1.52. The maximum Gasteiger partial charge on any atom is 0.407 e. The van der Waals surface area contributed by atoms with Crippen molar-refractivity contribution in [3.8, 4) is 11.1 Å². The number of amides is 2. The van der Waals surface area contributed by atoms with E-state index in [0.717, 1.165) is 22.3 Å². The number of alkyl carbamates (subject to hydrolysis) is 1. The van der Waals surface area contributed by atoms with Crippen LogP contribution in [0.25, 0.3) is 11.1 Å². The summed E-state index contributed by atoms with van der Waals surface area (Å²) in [6, 6.07) is 16.2. The number of carboxylic acid groups (broad SMARTS) is 1. The number of carbonyl (C=O) groups excluding carboxylic acids is 2. The average molecular weight is 467 g/mol. The molecule has 3 N–H and O–H groups in total. The number of aliphatic carboxylic acids is 1. The molecule has 1 aliphatic rings. The first-order valence-electron chi connectivity index (χ1n) is 11.9. The average Bonchev–Trinajstić information content (AvgIpc) is 3.18. The number of benzene rings is 2. The molecule has 2 amide bonds. The van der Waals surface area contributed by atoms with Gasteiger partial charge in [-0.25, -0.2) is 9.59 Å². The second kappa shape index (κ2) is 10.3. The van der Waals surface area contributed by atoms with Gasteiger partial charge in [0.1, 0.15) is 12.1 Å². The molecular formula is C27H34N2O5. The number of ether oxygens (including phenoxy) is 1. The van der Waals surface area contributed by atoms with E-state index in [2.05, 4.69) is 34.9 Å². The van der Waals surface area contributed by atoms with Gasteiger partial charge < -0.3 is 20.5 Å². The number of carbonyl (C=O) groups is 3. The van der Waals surface area contributed by atoms with Gasteiger partial charge in [0.25, 0.3) is 0 Å². The van der Waals surface area contributed by atoms with Gasteiger partial charge in [0.15, 0.2) is 0 Å². The van der Waals surface area contributed by atoms with Crippen molar-refractivity contribution in [2.45, 2.75) is 58.4 Å². The van der Waals surface area contributed by atoms with E-state index in [1.54, 1.807) is 20.8 Å². The van der Waals surface area contributed by atoms with Gasteiger partial charge in [0.05, 0.1) is 5.41 Å². The lowest BCUT2D eigenvalue weighted by atomic mass is 9.83. The van der Waals surface area contributed by atoms with Crippen molar-refractivity contribution >= 4 is 18.0 Å². The van der Waals surface area contributed by atoms with E-state index < -0.39 is 28.9 Å². The zero-order valence-electron chi connectivity index (χ0n) is 20.3. The van der Waals surface area contributed by atoms with Crippen LogP contribution in [0.5, 0.6) is 0 Å². The monoisotopic (exact) mass is 466 g/mol. The van der Waals surface area contributed by atoms with Crippen molar-refractivity contribution in [3.63, 3.8) is 0 Å². The topological polar surface area (TPSA) is 105 Å². The summed E-state index contributed by atoms with van der Waals surface area (Å²) in [5.41, 5.74) is 2.25. The van der Waals surface area contributed by atoms with Crippen LogP contribution in [0.2, 0.25) is 0 Å². The summed E-state index contributed by atoms with van der Waals surface area (Å²) in [6.07, 6.45) is 0.352. The number of hydrogen-bond donors (Lipinski definition) is 3. The van der Waals surface area contributed by atoms with Gasteiger partial charge in [-0.1, -0.05) is 69.3 Å². The minimum Gasteiger partial charge on any atom is -0.480 e. The fraction of sp³-hybridized carbons (Fsp3) is 0.444. The smallest absolute Gasteiger partial charge is 0.407 e. The maximum atomic E-state index is 13.0. The summed E-state index contributed by atoms with van der Waals surface area (Å²) in [5, 5.41) is 15.1. The Labute approximate surface area is 200 Å². The molecule has 0 spiro atoms. The van der Waals surface area contributed by atoms with E-state index >= 15 is 0 Å². The first-order valence-corrected chi connectivity index (χ1v) is 11.9. The molecule has 1 unspecified atom stereocenters. The quantitative estimate of drug-likeness (QED) is 0.471. The minimum atomic E-state index is -1.32. The Morgan fingerprint density at radius 2 is 1.44 bits per heavy atom. The Morgan fingerprint density at radius 3 is 1.91 bits per heavy atom. The van der Waals surface area contributed by atoms with Gasteiger partial charge in [-0.2, -0.15) is 0 Å². The van der Waals surface area contributed by atoms with Gasteiger partial charge in [0, 0.05) is 12.5 Å². The van der Waals surface area contributed by atoms with E-state index in [1.165, 1.54) is 0 Å². The molecule has 7 heteroatoms. The molecule has 2 aromatic carbocycles. The van der Waals surface area contributed by atoms with Gasteiger partial charge >= 0.3 is 12.1 Å². The van der Waals surface area contributed by atoms with Crippen molar-refractivity contribution in [3.05, 3.63) is 59.7 Å². The number of nitrogens with one attached hydrogen (secondary N) is 2. The Balaban J connectivity index is 1.63. The molecule has 0 saturated carbocycles. The lowest BCUT2D eigenvalue weighted by molar-refractivity contribution is -0.150. The predicted octanol–water partition coefficient (Wildman–Crippen LogP) is 4.70. The van der Waals surface area contributed by atoms with Crippen LogP contribution in [0.4, 0.5) is 4.79 Å². The lowest BCUT2D eigenvalue weighted by Gasteiger charge is -2.34. The highest BCUT2D eigenvalue weighted by molar-refractivity contribution is 5.90. The zero-order valence-corrected chi connectivity index (χ0v) is 20.3. The SMILES string of the molecule is CCC(C)(CNC(=O)OCC1c2ccccc2-c2ccccc21)C(=O)NC(CC)(CC)C(=O)O. The number of carboxylic acids is 1. The molecule has 3 rings (SSSR count). The number of hydrogen-bond acceptors (Lipinski definition) is 4. The molecule has 0 aliphatic heterocycles. The molecule has 34 heavy (non-hydrogen) atoms. The summed E-state index contributed by atoms with van der Waals surface area (Å²) >= 11 is 0. The van der Waals surface area contributed by atoms with Crippen molar-refractivity contribution in [2.75, 3.05) is 13.2 Å². The van der Waals surface area contributed by atoms with Crippen LogP contribution in [0.15, 0.2) is 48.5 Å². The third kappa shape index (κ3) is 4.79. The Morgan fingerprint density at radius 1 is 0.912 bits per heavy atom. The van der Waals surface area contributed by atoms with Crippen molar-refractivity contribution < 1.29 is 24.2 Å². The van der Waals surface area contributed by atoms with Crippen molar-refractivity contribution in [1.29, 1.82) is 0 Å². The number of fused-ring (bicyclic) bond motifs is 3. The molecule has 182 valence electrons. The minimum absolute atomic E-state index is 0.0368. The molecule has 2 aromatic rings. The van der Waals surface area contributed by atoms with Crippen molar-refractivity contribution in [1.82, 2.24) is 10.6 Å². The fourth-order valence-electron chi connectivity index (χ4n) is 4.43. The maximum absolute atomic E-state index is 13.0. The second-order valence-electron chi connectivity index (χ2n) is 9.14. The lowest BCUT2D eigenvalue weighted by Crippen LogP contribution is -2.58. The van der Waals surface area contributed by atoms with Crippen LogP contribution in [0.3, 0.4) is 0 Å². The molecule has 0 radical (unpaired) electrons. The highest BCUT2D eigenvalue weighted by Gasteiger charge is 2.41. The van der Waals surface area contributed by atoms with Crippen LogP contribution < -0.4 is 10.6 Å². The first-order chi connectivity index (χ1) is 16.2. The van der Waals surface area contributed by atoms with E-state index in [0.29, 0.717) is 6.42 Å². The Hall–Kier alpha value is -3.35. The molecular weight excluding hydrogens is 432 g/mol. The summed E-state index contributed by atoms with van der Waals surface area (Å²) < 4.78 is 5.56. The third-order valence-electron chi connectivity index (χ3n) is 7.26. The normalized spacial score (nSPS) is 14.5. The van der Waals surface area contributed by atoms with Crippen LogP contribution in [0, 0.1) is 5.41 Å². The van der Waals surface area contributed by atoms with E-state index in [4.69, 9.17) is 4.74 Å². The molecule has 0 heterocycles. The van der Waals surface area contributed by atoms with Gasteiger partial charge in [-0.15, -0.1) is 0 Å². The molecule has 0 fully saturated rings. The van der Waals surface area contributed by atoms with E-state index in [-0.39, 0.29) is 31.9 Å². The molecule has 1 aliphatic carbocycles. The fourth-order valence-corrected chi connectivity index (χ4v) is 4.43. The highest BCUT2D eigenvalue weighted by atomic mass is 16.5. The van der Waals surface area contributed by atoms with Crippen LogP contribution in [-0.4, -0.2) is 41.8 Å². The number of rotatable bonds is 10. The summed E-state index contributed by atoms with van der Waals surface area (Å²) in [4.78, 5) is 37.4.